The molecule has 20 heavy (non-hydrogen) atoms. The van der Waals surface area contributed by atoms with Crippen molar-refractivity contribution in [3.63, 3.8) is 0 Å². The van der Waals surface area contributed by atoms with E-state index >= 15 is 0 Å². The zero-order chi connectivity index (χ0) is 14.4. The summed E-state index contributed by atoms with van der Waals surface area (Å²) in [6.07, 6.45) is 3.21. The predicted molar refractivity (Wildman–Crippen MR) is 84.6 cm³/mol. The van der Waals surface area contributed by atoms with Gasteiger partial charge in [-0.05, 0) is 42.4 Å². The van der Waals surface area contributed by atoms with Crippen LogP contribution in [0.4, 0.5) is 0 Å². The zero-order valence-electron chi connectivity index (χ0n) is 12.0. The van der Waals surface area contributed by atoms with Gasteiger partial charge in [-0.1, -0.05) is 37.3 Å². The SMILES string of the molecule is CC(CO)CSC1CC(c2ccccc2)CCC1C#N. The van der Waals surface area contributed by atoms with Crippen LogP contribution in [0.25, 0.3) is 0 Å². The normalized spacial score (nSPS) is 27.8. The van der Waals surface area contributed by atoms with Gasteiger partial charge in [0.25, 0.3) is 0 Å². The average Bonchev–Trinajstić information content (AvgIpc) is 2.53. The molecule has 0 spiro atoms. The summed E-state index contributed by atoms with van der Waals surface area (Å²) < 4.78 is 0. The topological polar surface area (TPSA) is 44.0 Å². The third kappa shape index (κ3) is 4.01. The highest BCUT2D eigenvalue weighted by Gasteiger charge is 2.31. The van der Waals surface area contributed by atoms with E-state index in [0.29, 0.717) is 17.1 Å². The lowest BCUT2D eigenvalue weighted by Gasteiger charge is -2.33. The van der Waals surface area contributed by atoms with Crippen LogP contribution in [0, 0.1) is 23.2 Å². The minimum Gasteiger partial charge on any atom is -0.396 e. The van der Waals surface area contributed by atoms with Crippen molar-refractivity contribution in [2.45, 2.75) is 37.4 Å². The highest BCUT2D eigenvalue weighted by molar-refractivity contribution is 7.99. The second-order valence-corrected chi connectivity index (χ2v) is 7.09. The van der Waals surface area contributed by atoms with Gasteiger partial charge in [0.15, 0.2) is 0 Å². The van der Waals surface area contributed by atoms with Crippen molar-refractivity contribution in [3.05, 3.63) is 35.9 Å². The molecular weight excluding hydrogens is 266 g/mol. The van der Waals surface area contributed by atoms with Gasteiger partial charge in [-0.15, -0.1) is 0 Å². The predicted octanol–water partition coefficient (Wildman–Crippen LogP) is 3.82. The van der Waals surface area contributed by atoms with Crippen molar-refractivity contribution >= 4 is 11.8 Å². The first-order valence-electron chi connectivity index (χ1n) is 7.41. The number of benzene rings is 1. The van der Waals surface area contributed by atoms with Gasteiger partial charge in [0.05, 0.1) is 12.0 Å². The largest absolute Gasteiger partial charge is 0.396 e. The summed E-state index contributed by atoms with van der Waals surface area (Å²) in [5.74, 6) is 2.02. The Hall–Kier alpha value is -0.980. The molecule has 0 radical (unpaired) electrons. The van der Waals surface area contributed by atoms with Crippen molar-refractivity contribution in [1.82, 2.24) is 0 Å². The van der Waals surface area contributed by atoms with Crippen LogP contribution in [0.5, 0.6) is 0 Å². The lowest BCUT2D eigenvalue weighted by molar-refractivity contribution is 0.250. The summed E-state index contributed by atoms with van der Waals surface area (Å²) in [4.78, 5) is 0. The van der Waals surface area contributed by atoms with Crippen LogP contribution in [-0.4, -0.2) is 22.7 Å². The molecule has 1 aromatic rings. The van der Waals surface area contributed by atoms with Crippen molar-refractivity contribution in [3.8, 4) is 6.07 Å². The quantitative estimate of drug-likeness (QED) is 0.896. The Bertz CT molecular complexity index is 442. The molecule has 4 unspecified atom stereocenters. The molecule has 0 heterocycles. The molecule has 1 N–H and O–H groups in total. The summed E-state index contributed by atoms with van der Waals surface area (Å²) in [5.41, 5.74) is 1.41. The molecule has 0 aliphatic heterocycles. The molecule has 1 aromatic carbocycles. The van der Waals surface area contributed by atoms with E-state index in [0.717, 1.165) is 25.0 Å². The summed E-state index contributed by atoms with van der Waals surface area (Å²) >= 11 is 1.88. The standard InChI is InChI=1S/C17H23NOS/c1-13(11-19)12-20-17-9-15(7-8-16(17)10-18)14-5-3-2-4-6-14/h2-6,13,15-17,19H,7-9,11-12H2,1H3. The molecule has 1 aliphatic carbocycles. The van der Waals surface area contributed by atoms with Gasteiger partial charge in [0, 0.05) is 11.9 Å². The maximum atomic E-state index is 9.33. The third-order valence-electron chi connectivity index (χ3n) is 4.14. The summed E-state index contributed by atoms with van der Waals surface area (Å²) in [6, 6.07) is 13.1. The number of aliphatic hydroxyl groups excluding tert-OH is 1. The number of hydrogen-bond donors (Lipinski definition) is 1. The van der Waals surface area contributed by atoms with Gasteiger partial charge in [0.1, 0.15) is 0 Å². The molecule has 3 heteroatoms. The van der Waals surface area contributed by atoms with Crippen LogP contribution < -0.4 is 0 Å². The average molecular weight is 289 g/mol. The van der Waals surface area contributed by atoms with E-state index in [1.165, 1.54) is 5.56 Å². The minimum atomic E-state index is 0.172. The van der Waals surface area contributed by atoms with E-state index in [2.05, 4.69) is 43.3 Å². The minimum absolute atomic E-state index is 0.172. The number of nitriles is 1. The fourth-order valence-corrected chi connectivity index (χ4v) is 4.31. The number of nitrogens with zero attached hydrogens (tertiary/aromatic N) is 1. The lowest BCUT2D eigenvalue weighted by atomic mass is 9.79. The second kappa shape index (κ2) is 7.71. The molecule has 1 saturated carbocycles. The van der Waals surface area contributed by atoms with Gasteiger partial charge in [-0.3, -0.25) is 0 Å². The fraction of sp³-hybridized carbons (Fsp3) is 0.588. The highest BCUT2D eigenvalue weighted by atomic mass is 32.2. The molecule has 0 aromatic heterocycles. The first-order valence-corrected chi connectivity index (χ1v) is 8.46. The van der Waals surface area contributed by atoms with Gasteiger partial charge < -0.3 is 5.11 Å². The second-order valence-electron chi connectivity index (χ2n) is 5.82. The van der Waals surface area contributed by atoms with Crippen LogP contribution in [0.3, 0.4) is 0 Å². The van der Waals surface area contributed by atoms with E-state index in [-0.39, 0.29) is 12.5 Å². The van der Waals surface area contributed by atoms with Crippen molar-refractivity contribution < 1.29 is 5.11 Å². The maximum absolute atomic E-state index is 9.33. The molecule has 4 atom stereocenters. The zero-order valence-corrected chi connectivity index (χ0v) is 12.9. The van der Waals surface area contributed by atoms with E-state index in [4.69, 9.17) is 5.11 Å². The number of rotatable bonds is 5. The smallest absolute Gasteiger partial charge is 0.0667 e. The summed E-state index contributed by atoms with van der Waals surface area (Å²) in [7, 11) is 0. The van der Waals surface area contributed by atoms with Crippen molar-refractivity contribution in [1.29, 1.82) is 5.26 Å². The lowest BCUT2D eigenvalue weighted by Crippen LogP contribution is -2.26. The molecule has 0 amide bonds. The number of hydrogen-bond acceptors (Lipinski definition) is 3. The Labute approximate surface area is 126 Å². The molecule has 108 valence electrons. The van der Waals surface area contributed by atoms with Crippen LogP contribution in [-0.2, 0) is 0 Å². The monoisotopic (exact) mass is 289 g/mol. The van der Waals surface area contributed by atoms with E-state index < -0.39 is 0 Å². The molecule has 1 aliphatic rings. The van der Waals surface area contributed by atoms with Crippen LogP contribution >= 0.6 is 11.8 Å². The van der Waals surface area contributed by atoms with Gasteiger partial charge in [-0.25, -0.2) is 0 Å². The Morgan fingerprint density at radius 1 is 1.35 bits per heavy atom. The third-order valence-corrected chi connectivity index (χ3v) is 5.85. The Kier molecular flexibility index (Phi) is 5.94. The molecule has 0 saturated heterocycles. The summed E-state index contributed by atoms with van der Waals surface area (Å²) in [5, 5.41) is 18.9. The Morgan fingerprint density at radius 2 is 2.10 bits per heavy atom. The molecule has 2 rings (SSSR count). The van der Waals surface area contributed by atoms with E-state index in [1.54, 1.807) is 0 Å². The summed E-state index contributed by atoms with van der Waals surface area (Å²) in [6.45, 7) is 2.30. The van der Waals surface area contributed by atoms with Crippen LogP contribution in [0.1, 0.15) is 37.7 Å². The van der Waals surface area contributed by atoms with Crippen molar-refractivity contribution in [2.75, 3.05) is 12.4 Å². The molecular formula is C17H23NOS. The molecule has 1 fully saturated rings. The van der Waals surface area contributed by atoms with E-state index in [9.17, 15) is 5.26 Å². The number of aliphatic hydroxyl groups is 1. The van der Waals surface area contributed by atoms with Crippen molar-refractivity contribution in [2.24, 2.45) is 11.8 Å². The maximum Gasteiger partial charge on any atom is 0.0667 e. The number of thioether (sulfide) groups is 1. The fourth-order valence-electron chi connectivity index (χ4n) is 2.83. The van der Waals surface area contributed by atoms with Gasteiger partial charge in [-0.2, -0.15) is 17.0 Å². The van der Waals surface area contributed by atoms with Gasteiger partial charge >= 0.3 is 0 Å². The highest BCUT2D eigenvalue weighted by Crippen LogP contribution is 2.41. The Balaban J connectivity index is 1.98. The van der Waals surface area contributed by atoms with Gasteiger partial charge in [0.2, 0.25) is 0 Å². The molecule has 2 nitrogen and oxygen atoms in total. The first-order chi connectivity index (χ1) is 9.74. The Morgan fingerprint density at radius 3 is 2.75 bits per heavy atom. The van der Waals surface area contributed by atoms with Crippen LogP contribution in [0.2, 0.25) is 0 Å². The van der Waals surface area contributed by atoms with Crippen LogP contribution in [0.15, 0.2) is 30.3 Å². The molecule has 0 bridgehead atoms. The van der Waals surface area contributed by atoms with E-state index in [1.807, 2.05) is 11.8 Å². The first kappa shape index (κ1) is 15.4.